The van der Waals surface area contributed by atoms with Crippen LogP contribution in [0.25, 0.3) is 16.3 Å². The number of aryl methyl sites for hydroxylation is 1. The molecule has 0 saturated carbocycles. The Labute approximate surface area is 148 Å². The fourth-order valence-electron chi connectivity index (χ4n) is 2.49. The predicted octanol–water partition coefficient (Wildman–Crippen LogP) is 3.75. The van der Waals surface area contributed by atoms with Crippen LogP contribution in [0, 0.1) is 6.92 Å². The summed E-state index contributed by atoms with van der Waals surface area (Å²) in [6, 6.07) is 15.6. The lowest BCUT2D eigenvalue weighted by atomic mass is 10.2. The summed E-state index contributed by atoms with van der Waals surface area (Å²) in [6.07, 6.45) is 0. The Kier molecular flexibility index (Phi) is 4.07. The molecular weight excluding hydrogens is 336 g/mol. The summed E-state index contributed by atoms with van der Waals surface area (Å²) in [5, 5.41) is 13.9. The van der Waals surface area contributed by atoms with Crippen molar-refractivity contribution in [2.75, 3.05) is 7.11 Å². The molecule has 0 N–H and O–H groups in total. The average Bonchev–Trinajstić information content (AvgIpc) is 3.20. The number of hydrogen-bond acceptors (Lipinski definition) is 6. The van der Waals surface area contributed by atoms with Gasteiger partial charge in [0.15, 0.2) is 10.8 Å². The Morgan fingerprint density at radius 2 is 1.88 bits per heavy atom. The van der Waals surface area contributed by atoms with Crippen LogP contribution in [0.1, 0.15) is 10.6 Å². The smallest absolute Gasteiger partial charge is 0.235 e. The number of methoxy groups -OCH3 is 1. The summed E-state index contributed by atoms with van der Waals surface area (Å²) in [5.41, 5.74) is 2.10. The van der Waals surface area contributed by atoms with E-state index in [1.54, 1.807) is 11.6 Å². The van der Waals surface area contributed by atoms with Crippen LogP contribution in [0.3, 0.4) is 0 Å². The molecule has 6 nitrogen and oxygen atoms in total. The molecule has 0 fully saturated rings. The number of aromatic nitrogens is 4. The number of fused-ring (bicyclic) bond motifs is 1. The molecule has 7 heteroatoms. The van der Waals surface area contributed by atoms with Gasteiger partial charge < -0.3 is 9.47 Å². The summed E-state index contributed by atoms with van der Waals surface area (Å²) in [5.74, 6) is 2.34. The van der Waals surface area contributed by atoms with Crippen molar-refractivity contribution in [2.24, 2.45) is 0 Å². The van der Waals surface area contributed by atoms with Gasteiger partial charge in [-0.05, 0) is 48.9 Å². The molecule has 126 valence electrons. The van der Waals surface area contributed by atoms with Crippen molar-refractivity contribution in [2.45, 2.75) is 13.5 Å². The predicted molar refractivity (Wildman–Crippen MR) is 96.2 cm³/mol. The molecule has 0 aliphatic rings. The molecule has 0 amide bonds. The lowest BCUT2D eigenvalue weighted by molar-refractivity contribution is 0.304. The molecule has 2 aromatic carbocycles. The lowest BCUT2D eigenvalue weighted by Gasteiger charge is -2.04. The first-order valence-electron chi connectivity index (χ1n) is 7.78. The van der Waals surface area contributed by atoms with Crippen molar-refractivity contribution in [1.82, 2.24) is 19.8 Å². The van der Waals surface area contributed by atoms with Gasteiger partial charge in [-0.2, -0.15) is 9.61 Å². The molecule has 0 unspecified atom stereocenters. The van der Waals surface area contributed by atoms with E-state index in [1.807, 2.05) is 55.5 Å². The maximum atomic E-state index is 5.82. The van der Waals surface area contributed by atoms with Crippen molar-refractivity contribution in [3.05, 3.63) is 59.1 Å². The zero-order valence-corrected chi connectivity index (χ0v) is 14.7. The van der Waals surface area contributed by atoms with Gasteiger partial charge in [-0.15, -0.1) is 10.2 Å². The highest BCUT2D eigenvalue weighted by Crippen LogP contribution is 2.24. The van der Waals surface area contributed by atoms with Crippen LogP contribution in [0.4, 0.5) is 0 Å². The third kappa shape index (κ3) is 3.18. The van der Waals surface area contributed by atoms with Gasteiger partial charge in [0, 0.05) is 5.56 Å². The van der Waals surface area contributed by atoms with Gasteiger partial charge in [0.25, 0.3) is 0 Å². The minimum absolute atomic E-state index is 0.402. The highest BCUT2D eigenvalue weighted by molar-refractivity contribution is 7.16. The quantitative estimate of drug-likeness (QED) is 0.547. The van der Waals surface area contributed by atoms with E-state index in [-0.39, 0.29) is 0 Å². The van der Waals surface area contributed by atoms with Gasteiger partial charge in [-0.3, -0.25) is 0 Å². The van der Waals surface area contributed by atoms with Crippen molar-refractivity contribution < 1.29 is 9.47 Å². The van der Waals surface area contributed by atoms with E-state index in [1.165, 1.54) is 11.3 Å². The summed E-state index contributed by atoms with van der Waals surface area (Å²) < 4.78 is 12.8. The fraction of sp³-hybridized carbons (Fsp3) is 0.167. The number of ether oxygens (including phenoxy) is 2. The highest BCUT2D eigenvalue weighted by Gasteiger charge is 2.14. The molecule has 0 spiro atoms. The molecule has 2 aromatic heterocycles. The van der Waals surface area contributed by atoms with Gasteiger partial charge in [0.1, 0.15) is 18.1 Å². The van der Waals surface area contributed by atoms with Gasteiger partial charge in [-0.25, -0.2) is 0 Å². The van der Waals surface area contributed by atoms with Gasteiger partial charge in [0.2, 0.25) is 4.96 Å². The Balaban J connectivity index is 1.57. The highest BCUT2D eigenvalue weighted by atomic mass is 32.1. The molecule has 0 radical (unpaired) electrons. The molecule has 2 heterocycles. The number of benzene rings is 2. The van der Waals surface area contributed by atoms with E-state index in [9.17, 15) is 0 Å². The van der Waals surface area contributed by atoms with E-state index in [4.69, 9.17) is 9.47 Å². The van der Waals surface area contributed by atoms with Crippen LogP contribution in [-0.4, -0.2) is 26.9 Å². The Bertz CT molecular complexity index is 1010. The van der Waals surface area contributed by atoms with E-state index in [0.29, 0.717) is 12.4 Å². The fourth-order valence-corrected chi connectivity index (χ4v) is 3.23. The number of rotatable bonds is 5. The van der Waals surface area contributed by atoms with Crippen molar-refractivity contribution >= 4 is 16.3 Å². The van der Waals surface area contributed by atoms with Crippen LogP contribution in [0.2, 0.25) is 0 Å². The molecule has 4 aromatic rings. The summed E-state index contributed by atoms with van der Waals surface area (Å²) in [7, 11) is 1.64. The maximum absolute atomic E-state index is 5.82. The van der Waals surface area contributed by atoms with Crippen LogP contribution < -0.4 is 9.47 Å². The number of hydrogen-bond donors (Lipinski definition) is 0. The minimum Gasteiger partial charge on any atom is -0.497 e. The first-order valence-corrected chi connectivity index (χ1v) is 8.59. The van der Waals surface area contributed by atoms with E-state index < -0.39 is 0 Å². The molecule has 0 aliphatic carbocycles. The first-order chi connectivity index (χ1) is 12.2. The lowest BCUT2D eigenvalue weighted by Crippen LogP contribution is -1.97. The molecule has 0 bridgehead atoms. The van der Waals surface area contributed by atoms with Crippen LogP contribution in [0.15, 0.2) is 48.5 Å². The molecule has 4 rings (SSSR count). The van der Waals surface area contributed by atoms with Gasteiger partial charge in [-0.1, -0.05) is 23.5 Å². The van der Waals surface area contributed by atoms with Crippen LogP contribution in [-0.2, 0) is 6.61 Å². The van der Waals surface area contributed by atoms with Crippen LogP contribution >= 0.6 is 11.3 Å². The molecule has 0 saturated heterocycles. The molecule has 25 heavy (non-hydrogen) atoms. The normalized spacial score (nSPS) is 11.0. The minimum atomic E-state index is 0.402. The van der Waals surface area contributed by atoms with Crippen molar-refractivity contribution in [3.63, 3.8) is 0 Å². The Morgan fingerprint density at radius 1 is 1.04 bits per heavy atom. The topological polar surface area (TPSA) is 61.5 Å². The van der Waals surface area contributed by atoms with Gasteiger partial charge in [0.05, 0.1) is 7.11 Å². The van der Waals surface area contributed by atoms with Crippen LogP contribution in [0.5, 0.6) is 11.5 Å². The summed E-state index contributed by atoms with van der Waals surface area (Å²) in [4.78, 5) is 0.744. The van der Waals surface area contributed by atoms with E-state index in [2.05, 4.69) is 15.3 Å². The van der Waals surface area contributed by atoms with E-state index >= 15 is 0 Å². The number of nitrogens with zero attached hydrogens (tertiary/aromatic N) is 4. The first kappa shape index (κ1) is 15.6. The largest absolute Gasteiger partial charge is 0.497 e. The van der Waals surface area contributed by atoms with Gasteiger partial charge >= 0.3 is 0 Å². The third-order valence-electron chi connectivity index (χ3n) is 3.73. The summed E-state index contributed by atoms with van der Waals surface area (Å²) in [6.45, 7) is 2.44. The SMILES string of the molecule is COc1ccc(-c2nnc3sc(COc4cccc(C)c4)nn23)cc1. The molecular formula is C18H16N4O2S. The van der Waals surface area contributed by atoms with E-state index in [0.717, 1.165) is 32.6 Å². The molecule has 0 atom stereocenters. The van der Waals surface area contributed by atoms with Crippen molar-refractivity contribution in [3.8, 4) is 22.9 Å². The van der Waals surface area contributed by atoms with Crippen molar-refractivity contribution in [1.29, 1.82) is 0 Å². The standard InChI is InChI=1S/C18H16N4O2S/c1-12-4-3-5-15(10-12)24-11-16-21-22-17(19-20-18(22)25-16)13-6-8-14(23-2)9-7-13/h3-10H,11H2,1-2H3. The third-order valence-corrected chi connectivity index (χ3v) is 4.61. The second-order valence-electron chi connectivity index (χ2n) is 5.55. The monoisotopic (exact) mass is 352 g/mol. The Hall–Kier alpha value is -2.93. The second kappa shape index (κ2) is 6.52. The second-order valence-corrected chi connectivity index (χ2v) is 6.59. The zero-order valence-electron chi connectivity index (χ0n) is 13.8. The summed E-state index contributed by atoms with van der Waals surface area (Å²) >= 11 is 1.47. The average molecular weight is 352 g/mol. The maximum Gasteiger partial charge on any atom is 0.235 e. The zero-order chi connectivity index (χ0) is 17.2. The molecule has 0 aliphatic heterocycles. The Morgan fingerprint density at radius 3 is 2.64 bits per heavy atom.